The number of aryl methyl sites for hydroxylation is 2. The number of hydrogen-bond acceptors (Lipinski definition) is 5. The van der Waals surface area contributed by atoms with Gasteiger partial charge in [-0.15, -0.1) is 0 Å². The normalized spacial score (nSPS) is 19.7. The van der Waals surface area contributed by atoms with E-state index >= 15 is 0 Å². The molecule has 0 bridgehead atoms. The maximum absolute atomic E-state index is 13.6. The molecule has 4 rings (SSSR count). The van der Waals surface area contributed by atoms with Crippen molar-refractivity contribution >= 4 is 7.60 Å². The number of aromatic hydroxyl groups is 1. The molecule has 0 saturated carbocycles. The number of ether oxygens (including phenoxy) is 1. The van der Waals surface area contributed by atoms with Gasteiger partial charge in [0.15, 0.2) is 6.35 Å². The highest BCUT2D eigenvalue weighted by Crippen LogP contribution is 2.56. The van der Waals surface area contributed by atoms with Gasteiger partial charge < -0.3 is 14.4 Å². The number of rotatable bonds is 7. The van der Waals surface area contributed by atoms with Crippen LogP contribution in [0.3, 0.4) is 0 Å². The van der Waals surface area contributed by atoms with Crippen LogP contribution in [0.15, 0.2) is 54.6 Å². The van der Waals surface area contributed by atoms with Crippen LogP contribution in [0.25, 0.3) is 0 Å². The van der Waals surface area contributed by atoms with Gasteiger partial charge in [0.05, 0.1) is 12.7 Å². The molecule has 0 amide bonds. The zero-order valence-electron chi connectivity index (χ0n) is 20.6. The highest BCUT2D eigenvalue weighted by molar-refractivity contribution is 7.53. The van der Waals surface area contributed by atoms with E-state index < -0.39 is 13.7 Å². The van der Waals surface area contributed by atoms with Crippen LogP contribution in [0.2, 0.25) is 0 Å². The maximum Gasteiger partial charge on any atom is 0.368 e. The lowest BCUT2D eigenvalue weighted by atomic mass is 9.93. The van der Waals surface area contributed by atoms with Crippen LogP contribution in [0.5, 0.6) is 11.5 Å². The van der Waals surface area contributed by atoms with E-state index in [9.17, 15) is 14.1 Å². The molecular weight excluding hydrogens is 478 g/mol. The summed E-state index contributed by atoms with van der Waals surface area (Å²) in [7, 11) is -3.50. The first-order valence-electron chi connectivity index (χ1n) is 11.9. The lowest BCUT2D eigenvalue weighted by molar-refractivity contribution is 0.0723. The van der Waals surface area contributed by atoms with Crippen molar-refractivity contribution in [3.63, 3.8) is 0 Å². The Morgan fingerprint density at radius 2 is 1.83 bits per heavy atom. The third kappa shape index (κ3) is 6.56. The molecule has 1 saturated heterocycles. The van der Waals surface area contributed by atoms with Crippen molar-refractivity contribution in [1.29, 1.82) is 0 Å². The van der Waals surface area contributed by atoms with E-state index in [0.717, 1.165) is 28.7 Å². The molecule has 0 aliphatic carbocycles. The second-order valence-electron chi connectivity index (χ2n) is 9.42. The Morgan fingerprint density at radius 1 is 1.11 bits per heavy atom. The lowest BCUT2D eigenvalue weighted by Gasteiger charge is -2.30. The van der Waals surface area contributed by atoms with Crippen molar-refractivity contribution in [1.82, 2.24) is 0 Å². The number of phenolic OH excluding ortho intramolecular Hbond substituents is 1. The highest BCUT2D eigenvalue weighted by Gasteiger charge is 2.35. The van der Waals surface area contributed by atoms with Crippen molar-refractivity contribution in [2.45, 2.75) is 60.0 Å². The number of benzene rings is 3. The fraction of sp³-hybridized carbons (Fsp3) is 0.379. The van der Waals surface area contributed by atoms with E-state index in [4.69, 9.17) is 13.8 Å². The molecule has 0 spiro atoms. The van der Waals surface area contributed by atoms with E-state index in [1.165, 1.54) is 17.7 Å². The number of hydrogen-bond donors (Lipinski definition) is 1. The summed E-state index contributed by atoms with van der Waals surface area (Å²) in [6, 6.07) is 15.7. The summed E-state index contributed by atoms with van der Waals surface area (Å²) < 4.78 is 43.9. The Bertz CT molecular complexity index is 1230. The molecule has 1 aliphatic heterocycles. The van der Waals surface area contributed by atoms with Gasteiger partial charge >= 0.3 is 7.60 Å². The number of phenols is 1. The lowest BCUT2D eigenvalue weighted by Crippen LogP contribution is -2.17. The quantitative estimate of drug-likeness (QED) is 0.322. The fourth-order valence-corrected chi connectivity index (χ4v) is 5.93. The molecule has 36 heavy (non-hydrogen) atoms. The van der Waals surface area contributed by atoms with Crippen LogP contribution >= 0.6 is 7.60 Å². The smallest absolute Gasteiger partial charge is 0.368 e. The monoisotopic (exact) mass is 514 g/mol. The summed E-state index contributed by atoms with van der Waals surface area (Å²) in [6.45, 7) is 8.42. The van der Waals surface area contributed by atoms with Gasteiger partial charge in [0.2, 0.25) is 0 Å². The Labute approximate surface area is 213 Å². The summed E-state index contributed by atoms with van der Waals surface area (Å²) in [5.74, 6) is 0.790. The second-order valence-corrected chi connectivity index (χ2v) is 11.4. The van der Waals surface area contributed by atoms with E-state index in [1.54, 1.807) is 18.2 Å². The van der Waals surface area contributed by atoms with Crippen LogP contribution < -0.4 is 4.74 Å². The van der Waals surface area contributed by atoms with Gasteiger partial charge in [0, 0.05) is 6.42 Å². The van der Waals surface area contributed by atoms with Crippen molar-refractivity contribution in [3.8, 4) is 11.5 Å². The SMILES string of the molecule is C.Cc1cc(OC[P@]2(=O)OCC[C@@H](c3cccc(F)c3)O2)cc(C)c1Cc1ccc(O)c(C(C)C)c1. The third-order valence-electron chi connectivity index (χ3n) is 6.33. The topological polar surface area (TPSA) is 65.0 Å². The zero-order chi connectivity index (χ0) is 25.2. The summed E-state index contributed by atoms with van der Waals surface area (Å²) >= 11 is 0. The van der Waals surface area contributed by atoms with E-state index in [-0.39, 0.29) is 32.1 Å². The summed E-state index contributed by atoms with van der Waals surface area (Å²) in [5, 5.41) is 10.1. The largest absolute Gasteiger partial charge is 0.508 e. The molecule has 2 atom stereocenters. The molecule has 7 heteroatoms. The molecule has 1 heterocycles. The molecule has 0 radical (unpaired) electrons. The first-order valence-corrected chi connectivity index (χ1v) is 13.6. The average molecular weight is 515 g/mol. The highest BCUT2D eigenvalue weighted by atomic mass is 31.2. The molecular formula is C29H36FO5P. The van der Waals surface area contributed by atoms with Gasteiger partial charge in [0.25, 0.3) is 0 Å². The minimum Gasteiger partial charge on any atom is -0.508 e. The van der Waals surface area contributed by atoms with E-state index in [0.29, 0.717) is 23.5 Å². The summed E-state index contributed by atoms with van der Waals surface area (Å²) in [4.78, 5) is 0. The Kier molecular flexibility index (Phi) is 8.99. The first-order chi connectivity index (χ1) is 16.6. The van der Waals surface area contributed by atoms with Crippen molar-refractivity contribution in [2.24, 2.45) is 0 Å². The molecule has 3 aromatic rings. The van der Waals surface area contributed by atoms with Gasteiger partial charge in [-0.2, -0.15) is 0 Å². The van der Waals surface area contributed by atoms with Crippen molar-refractivity contribution in [2.75, 3.05) is 13.0 Å². The third-order valence-corrected chi connectivity index (χ3v) is 7.93. The van der Waals surface area contributed by atoms with Gasteiger partial charge in [-0.25, -0.2) is 4.39 Å². The molecule has 0 unspecified atom stereocenters. The molecule has 0 aromatic heterocycles. The average Bonchev–Trinajstić information content (AvgIpc) is 2.81. The predicted molar refractivity (Wildman–Crippen MR) is 142 cm³/mol. The van der Waals surface area contributed by atoms with Crippen LogP contribution in [0.1, 0.15) is 73.1 Å². The van der Waals surface area contributed by atoms with Crippen LogP contribution in [-0.2, 0) is 20.0 Å². The van der Waals surface area contributed by atoms with Gasteiger partial charge in [-0.3, -0.25) is 9.09 Å². The standard InChI is InChI=1S/C28H32FO5P.CH4/c1-18(2)25-14-21(8-9-27(25)30)15-26-19(3)12-24(13-20(26)4)32-17-35(31)33-11-10-28(34-35)22-6-5-7-23(29)16-22;/h5-9,12-14,16,18,28,30H,10-11,15,17H2,1-4H3;1H4/t28-,35-;/m0./s1. The Balaban J connectivity index is 0.00000361. The predicted octanol–water partition coefficient (Wildman–Crippen LogP) is 8.21. The van der Waals surface area contributed by atoms with Gasteiger partial charge in [-0.1, -0.05) is 45.5 Å². The Hall–Kier alpha value is -2.66. The van der Waals surface area contributed by atoms with Crippen LogP contribution in [0.4, 0.5) is 4.39 Å². The van der Waals surface area contributed by atoms with Gasteiger partial charge in [-0.05, 0) is 89.9 Å². The van der Waals surface area contributed by atoms with Crippen LogP contribution in [0, 0.1) is 19.7 Å². The minimum absolute atomic E-state index is 0. The van der Waals surface area contributed by atoms with Crippen molar-refractivity contribution in [3.05, 3.63) is 93.8 Å². The van der Waals surface area contributed by atoms with Crippen LogP contribution in [-0.4, -0.2) is 18.1 Å². The maximum atomic E-state index is 13.6. The second kappa shape index (κ2) is 11.6. The summed E-state index contributed by atoms with van der Waals surface area (Å²) in [5.41, 5.74) is 6.00. The van der Waals surface area contributed by atoms with Gasteiger partial charge in [0.1, 0.15) is 17.3 Å². The molecule has 5 nitrogen and oxygen atoms in total. The first kappa shape index (κ1) is 27.9. The van der Waals surface area contributed by atoms with E-state index in [2.05, 4.69) is 19.9 Å². The molecule has 3 aromatic carbocycles. The molecule has 1 aliphatic rings. The number of halogens is 1. The molecule has 1 N–H and O–H groups in total. The van der Waals surface area contributed by atoms with Crippen molar-refractivity contribution < 1.29 is 27.8 Å². The zero-order valence-corrected chi connectivity index (χ0v) is 21.5. The molecule has 1 fully saturated rings. The fourth-order valence-electron chi connectivity index (χ4n) is 4.43. The molecule has 194 valence electrons. The Morgan fingerprint density at radius 3 is 2.50 bits per heavy atom. The summed E-state index contributed by atoms with van der Waals surface area (Å²) in [6.07, 6.45) is 0.515. The minimum atomic E-state index is -3.50. The van der Waals surface area contributed by atoms with E-state index in [1.807, 2.05) is 32.0 Å².